The van der Waals surface area contributed by atoms with E-state index in [-0.39, 0.29) is 35.4 Å². The molecule has 1 fully saturated rings. The SMILES string of the molecule is Cl.Cn1cc(NC(=O)c2cnn3ccc(NC4CCCNC4)nc23)c(C(N)=O)n1. The molecule has 2 amide bonds. The Morgan fingerprint density at radius 2 is 2.21 bits per heavy atom. The molecule has 29 heavy (non-hydrogen) atoms. The molecule has 4 heterocycles. The molecule has 4 rings (SSSR count). The molecule has 5 N–H and O–H groups in total. The first kappa shape index (κ1) is 20.6. The van der Waals surface area contributed by atoms with Crippen molar-refractivity contribution < 1.29 is 9.59 Å². The van der Waals surface area contributed by atoms with Crippen molar-refractivity contribution in [3.05, 3.63) is 35.9 Å². The highest BCUT2D eigenvalue weighted by molar-refractivity contribution is 6.10. The number of hydrogen-bond acceptors (Lipinski definition) is 7. The molecule has 0 bridgehead atoms. The molecule has 154 valence electrons. The second-order valence-electron chi connectivity index (χ2n) is 6.71. The molecule has 1 unspecified atom stereocenters. The van der Waals surface area contributed by atoms with Gasteiger partial charge in [0.15, 0.2) is 11.3 Å². The van der Waals surface area contributed by atoms with Crippen LogP contribution >= 0.6 is 12.4 Å². The first-order chi connectivity index (χ1) is 13.5. The second-order valence-corrected chi connectivity index (χ2v) is 6.71. The molecular weight excluding hydrogens is 398 g/mol. The van der Waals surface area contributed by atoms with Gasteiger partial charge in [0.05, 0.1) is 11.9 Å². The number of aromatic nitrogens is 5. The Morgan fingerprint density at radius 3 is 2.93 bits per heavy atom. The fraction of sp³-hybridized carbons (Fsp3) is 0.353. The number of halogens is 1. The average Bonchev–Trinajstić information content (AvgIpc) is 3.25. The predicted octanol–water partition coefficient (Wildman–Crippen LogP) is 0.400. The number of carbonyl (C=O) groups is 2. The molecular formula is C17H22ClN9O2. The Labute approximate surface area is 172 Å². The third-order valence-corrected chi connectivity index (χ3v) is 4.57. The van der Waals surface area contributed by atoms with E-state index in [2.05, 4.69) is 31.1 Å². The third-order valence-electron chi connectivity index (χ3n) is 4.57. The fourth-order valence-corrected chi connectivity index (χ4v) is 3.25. The first-order valence-corrected chi connectivity index (χ1v) is 8.97. The molecule has 1 saturated heterocycles. The van der Waals surface area contributed by atoms with Crippen LogP contribution in [0.15, 0.2) is 24.7 Å². The van der Waals surface area contributed by atoms with Gasteiger partial charge in [0.25, 0.3) is 11.8 Å². The lowest BCUT2D eigenvalue weighted by atomic mass is 10.1. The van der Waals surface area contributed by atoms with E-state index in [0.29, 0.717) is 11.5 Å². The largest absolute Gasteiger partial charge is 0.366 e. The average molecular weight is 420 g/mol. The monoisotopic (exact) mass is 419 g/mol. The minimum atomic E-state index is -0.721. The Kier molecular flexibility index (Phi) is 5.99. The summed E-state index contributed by atoms with van der Waals surface area (Å²) in [5.41, 5.74) is 6.24. The van der Waals surface area contributed by atoms with Crippen molar-refractivity contribution in [3.8, 4) is 0 Å². The van der Waals surface area contributed by atoms with Gasteiger partial charge in [0.2, 0.25) is 0 Å². The highest BCUT2D eigenvalue weighted by Crippen LogP contribution is 2.18. The van der Waals surface area contributed by atoms with Crippen LogP contribution in [0.2, 0.25) is 0 Å². The van der Waals surface area contributed by atoms with Crippen molar-refractivity contribution >= 4 is 41.4 Å². The van der Waals surface area contributed by atoms with E-state index in [9.17, 15) is 9.59 Å². The van der Waals surface area contributed by atoms with Crippen LogP contribution in [0, 0.1) is 0 Å². The Bertz CT molecular complexity index is 1040. The molecule has 12 heteroatoms. The molecule has 0 spiro atoms. The minimum absolute atomic E-state index is 0. The molecule has 1 aliphatic rings. The van der Waals surface area contributed by atoms with E-state index in [1.165, 1.54) is 21.6 Å². The number of fused-ring (bicyclic) bond motifs is 1. The summed E-state index contributed by atoms with van der Waals surface area (Å²) in [5.74, 6) is -0.495. The van der Waals surface area contributed by atoms with Crippen molar-refractivity contribution in [3.63, 3.8) is 0 Å². The Hall–Kier alpha value is -3.18. The molecule has 0 aromatic carbocycles. The van der Waals surface area contributed by atoms with Crippen molar-refractivity contribution in [2.45, 2.75) is 18.9 Å². The summed E-state index contributed by atoms with van der Waals surface area (Å²) >= 11 is 0. The zero-order valence-electron chi connectivity index (χ0n) is 15.8. The molecule has 1 aliphatic heterocycles. The number of carbonyl (C=O) groups excluding carboxylic acids is 2. The smallest absolute Gasteiger partial charge is 0.271 e. The maximum absolute atomic E-state index is 12.8. The lowest BCUT2D eigenvalue weighted by Crippen LogP contribution is -2.38. The number of aryl methyl sites for hydroxylation is 1. The number of nitrogens with zero attached hydrogens (tertiary/aromatic N) is 5. The third kappa shape index (κ3) is 4.30. The summed E-state index contributed by atoms with van der Waals surface area (Å²) in [6.07, 6.45) is 6.86. The molecule has 11 nitrogen and oxygen atoms in total. The number of hydrogen-bond donors (Lipinski definition) is 4. The second kappa shape index (κ2) is 8.45. The van der Waals surface area contributed by atoms with E-state index >= 15 is 0 Å². The number of amides is 2. The molecule has 3 aromatic heterocycles. The zero-order chi connectivity index (χ0) is 19.7. The number of piperidine rings is 1. The lowest BCUT2D eigenvalue weighted by molar-refractivity contribution is 0.0995. The summed E-state index contributed by atoms with van der Waals surface area (Å²) in [6, 6.07) is 2.11. The number of rotatable bonds is 5. The van der Waals surface area contributed by atoms with Crippen LogP contribution in [0.25, 0.3) is 5.65 Å². The van der Waals surface area contributed by atoms with Gasteiger partial charge >= 0.3 is 0 Å². The van der Waals surface area contributed by atoms with Gasteiger partial charge in [0, 0.05) is 32.0 Å². The molecule has 0 radical (unpaired) electrons. The van der Waals surface area contributed by atoms with Crippen LogP contribution in [-0.4, -0.2) is 55.3 Å². The minimum Gasteiger partial charge on any atom is -0.366 e. The molecule has 0 saturated carbocycles. The van der Waals surface area contributed by atoms with Crippen LogP contribution in [-0.2, 0) is 7.05 Å². The summed E-state index contributed by atoms with van der Waals surface area (Å²) in [5, 5.41) is 17.5. The number of nitrogens with one attached hydrogen (secondary N) is 3. The van der Waals surface area contributed by atoms with E-state index in [1.807, 2.05) is 6.07 Å². The van der Waals surface area contributed by atoms with Crippen molar-refractivity contribution in [2.75, 3.05) is 23.7 Å². The number of primary amides is 1. The van der Waals surface area contributed by atoms with Gasteiger partial charge in [-0.3, -0.25) is 14.3 Å². The van der Waals surface area contributed by atoms with Crippen LogP contribution in [0.5, 0.6) is 0 Å². The summed E-state index contributed by atoms with van der Waals surface area (Å²) < 4.78 is 2.93. The van der Waals surface area contributed by atoms with Crippen LogP contribution in [0.4, 0.5) is 11.5 Å². The van der Waals surface area contributed by atoms with E-state index in [0.717, 1.165) is 25.9 Å². The zero-order valence-corrected chi connectivity index (χ0v) is 16.6. The van der Waals surface area contributed by atoms with Gasteiger partial charge in [-0.15, -0.1) is 12.4 Å². The molecule has 0 aliphatic carbocycles. The van der Waals surface area contributed by atoms with Gasteiger partial charge in [-0.05, 0) is 25.5 Å². The lowest BCUT2D eigenvalue weighted by Gasteiger charge is -2.24. The Morgan fingerprint density at radius 1 is 1.38 bits per heavy atom. The number of nitrogens with two attached hydrogens (primary N) is 1. The quantitative estimate of drug-likeness (QED) is 0.468. The topological polar surface area (TPSA) is 144 Å². The fourth-order valence-electron chi connectivity index (χ4n) is 3.25. The van der Waals surface area contributed by atoms with Gasteiger partial charge < -0.3 is 21.7 Å². The van der Waals surface area contributed by atoms with Crippen molar-refractivity contribution in [1.29, 1.82) is 0 Å². The maximum Gasteiger partial charge on any atom is 0.271 e. The summed E-state index contributed by atoms with van der Waals surface area (Å²) in [4.78, 5) is 28.8. The van der Waals surface area contributed by atoms with Gasteiger partial charge in [0.1, 0.15) is 11.4 Å². The van der Waals surface area contributed by atoms with Crippen LogP contribution < -0.4 is 21.7 Å². The molecule has 1 atom stereocenters. The van der Waals surface area contributed by atoms with Crippen molar-refractivity contribution in [2.24, 2.45) is 12.8 Å². The van der Waals surface area contributed by atoms with Crippen LogP contribution in [0.1, 0.15) is 33.7 Å². The first-order valence-electron chi connectivity index (χ1n) is 8.97. The normalized spacial score (nSPS) is 16.2. The predicted molar refractivity (Wildman–Crippen MR) is 109 cm³/mol. The highest BCUT2D eigenvalue weighted by Gasteiger charge is 2.20. The van der Waals surface area contributed by atoms with Crippen molar-refractivity contribution in [1.82, 2.24) is 29.7 Å². The summed E-state index contributed by atoms with van der Waals surface area (Å²) in [7, 11) is 1.64. The van der Waals surface area contributed by atoms with E-state index in [1.54, 1.807) is 13.2 Å². The van der Waals surface area contributed by atoms with E-state index in [4.69, 9.17) is 5.73 Å². The Balaban J connectivity index is 0.00000240. The highest BCUT2D eigenvalue weighted by atomic mass is 35.5. The van der Waals surface area contributed by atoms with Gasteiger partial charge in [-0.25, -0.2) is 9.50 Å². The standard InChI is InChI=1S/C17H21N9O2.ClH/c1-25-9-12(14(24-25)15(18)27)22-17(28)11-8-20-26-6-4-13(23-16(11)26)21-10-3-2-5-19-7-10;/h4,6,8-10,19H,2-3,5,7H2,1H3,(H2,18,27)(H,21,23)(H,22,28);1H. The van der Waals surface area contributed by atoms with E-state index < -0.39 is 11.8 Å². The number of anilines is 2. The van der Waals surface area contributed by atoms with Crippen LogP contribution in [0.3, 0.4) is 0 Å². The van der Waals surface area contributed by atoms with Gasteiger partial charge in [-0.2, -0.15) is 10.2 Å². The summed E-state index contributed by atoms with van der Waals surface area (Å²) in [6.45, 7) is 1.90. The van der Waals surface area contributed by atoms with Gasteiger partial charge in [-0.1, -0.05) is 0 Å². The molecule has 3 aromatic rings. The maximum atomic E-state index is 12.8.